The van der Waals surface area contributed by atoms with Gasteiger partial charge >= 0.3 is 0 Å². The molecule has 0 amide bonds. The van der Waals surface area contributed by atoms with Crippen LogP contribution < -0.4 is 11.4 Å². The van der Waals surface area contributed by atoms with Crippen LogP contribution in [0.15, 0.2) is 54.6 Å². The zero-order valence-corrected chi connectivity index (χ0v) is 11.4. The van der Waals surface area contributed by atoms with Crippen LogP contribution in [0.5, 0.6) is 0 Å². The van der Waals surface area contributed by atoms with Gasteiger partial charge in [0.15, 0.2) is 0 Å². The van der Waals surface area contributed by atoms with Crippen molar-refractivity contribution in [2.24, 2.45) is 5.90 Å². The molecule has 5 heteroatoms. The summed E-state index contributed by atoms with van der Waals surface area (Å²) in [5.41, 5.74) is 4.57. The Bertz CT molecular complexity index is 591. The van der Waals surface area contributed by atoms with E-state index in [1.807, 2.05) is 54.6 Å². The minimum Gasteiger partial charge on any atom is -0.376 e. The van der Waals surface area contributed by atoms with Crippen LogP contribution in [0.25, 0.3) is 0 Å². The van der Waals surface area contributed by atoms with Gasteiger partial charge in [0.05, 0.1) is 0 Å². The van der Waals surface area contributed by atoms with E-state index in [4.69, 9.17) is 10.4 Å². The molecular formula is C16H18N2O3. The third-order valence-electron chi connectivity index (χ3n) is 2.68. The number of hydrogen-bond donors (Lipinski definition) is 5. The van der Waals surface area contributed by atoms with Gasteiger partial charge < -0.3 is 15.5 Å². The molecule has 1 atom stereocenters. The number of hydroxylamine groups is 1. The molecule has 0 heterocycles. The second kappa shape index (κ2) is 9.66. The maximum absolute atomic E-state index is 10.0. The fourth-order valence-corrected chi connectivity index (χ4v) is 1.72. The molecule has 1 unspecified atom stereocenters. The molecule has 0 saturated heterocycles. The first-order valence-electron chi connectivity index (χ1n) is 6.26. The van der Waals surface area contributed by atoms with Gasteiger partial charge in [0.25, 0.3) is 0 Å². The van der Waals surface area contributed by atoms with Gasteiger partial charge in [-0.25, -0.2) is 11.4 Å². The Hall–Kier alpha value is -2.20. The average Bonchev–Trinajstić information content (AvgIpc) is 2.56. The van der Waals surface area contributed by atoms with Gasteiger partial charge in [-0.1, -0.05) is 54.3 Å². The molecule has 0 fully saturated rings. The summed E-state index contributed by atoms with van der Waals surface area (Å²) < 4.78 is 0. The normalized spacial score (nSPS) is 10.7. The van der Waals surface area contributed by atoms with Crippen molar-refractivity contribution in [3.8, 4) is 11.8 Å². The third-order valence-corrected chi connectivity index (χ3v) is 2.68. The Morgan fingerprint density at radius 3 is 2.43 bits per heavy atom. The van der Waals surface area contributed by atoms with Gasteiger partial charge in [-0.05, 0) is 23.3 Å². The van der Waals surface area contributed by atoms with Crippen LogP contribution in [0, 0.1) is 11.8 Å². The van der Waals surface area contributed by atoms with E-state index in [-0.39, 0.29) is 0 Å². The number of nitrogens with two attached hydrogens (primary N) is 1. The number of nitrogens with one attached hydrogen (secondary N) is 1. The molecule has 2 aromatic rings. The van der Waals surface area contributed by atoms with Crippen LogP contribution in [-0.2, 0) is 6.54 Å². The Morgan fingerprint density at radius 2 is 1.76 bits per heavy atom. The van der Waals surface area contributed by atoms with E-state index < -0.39 is 6.10 Å². The fraction of sp³-hybridized carbons (Fsp3) is 0.125. The molecule has 0 aliphatic rings. The maximum atomic E-state index is 10.0. The summed E-state index contributed by atoms with van der Waals surface area (Å²) in [6.45, 7) is 0.340. The van der Waals surface area contributed by atoms with Gasteiger partial charge in [0.2, 0.25) is 0 Å². The van der Waals surface area contributed by atoms with Gasteiger partial charge in [0, 0.05) is 12.1 Å². The monoisotopic (exact) mass is 286 g/mol. The third kappa shape index (κ3) is 5.75. The lowest BCUT2D eigenvalue weighted by atomic mass is 10.1. The van der Waals surface area contributed by atoms with Crippen molar-refractivity contribution >= 4 is 0 Å². The van der Waals surface area contributed by atoms with Crippen LogP contribution in [-0.4, -0.2) is 15.5 Å². The summed E-state index contributed by atoms with van der Waals surface area (Å²) in [6, 6.07) is 16.8. The minimum absolute atomic E-state index is 0.340. The molecule has 6 N–H and O–H groups in total. The van der Waals surface area contributed by atoms with Crippen LogP contribution in [0.4, 0.5) is 0 Å². The van der Waals surface area contributed by atoms with Gasteiger partial charge in [0.1, 0.15) is 6.10 Å². The summed E-state index contributed by atoms with van der Waals surface area (Å²) in [4.78, 5) is 0. The summed E-state index contributed by atoms with van der Waals surface area (Å²) >= 11 is 0. The SMILES string of the molecule is NO.ONCc1cccc(C(O)C#Cc2ccccc2)c1. The summed E-state index contributed by atoms with van der Waals surface area (Å²) in [5, 5.41) is 25.2. The van der Waals surface area contributed by atoms with E-state index in [1.165, 1.54) is 0 Å². The van der Waals surface area contributed by atoms with E-state index in [0.717, 1.165) is 16.7 Å². The standard InChI is InChI=1S/C16H15NO2.H3NO/c18-16(10-9-13-5-2-1-3-6-13)15-8-4-7-14(11-15)12-17-19;1-2/h1-8,11,16-19H,12H2;2H,1H2. The zero-order chi connectivity index (χ0) is 15.5. The number of aliphatic hydroxyl groups is 1. The molecule has 2 rings (SSSR count). The van der Waals surface area contributed by atoms with Crippen LogP contribution in [0.2, 0.25) is 0 Å². The lowest BCUT2D eigenvalue weighted by Gasteiger charge is -2.06. The highest BCUT2D eigenvalue weighted by Gasteiger charge is 2.04. The Kier molecular flexibility index (Phi) is 7.76. The molecule has 0 bridgehead atoms. The summed E-state index contributed by atoms with van der Waals surface area (Å²) in [7, 11) is 0. The summed E-state index contributed by atoms with van der Waals surface area (Å²) in [5.74, 6) is 9.24. The van der Waals surface area contributed by atoms with E-state index >= 15 is 0 Å². The van der Waals surface area contributed by atoms with Gasteiger partial charge in [-0.2, -0.15) is 0 Å². The molecular weight excluding hydrogens is 268 g/mol. The van der Waals surface area contributed by atoms with Crippen molar-refractivity contribution in [1.82, 2.24) is 5.48 Å². The first-order valence-corrected chi connectivity index (χ1v) is 6.26. The molecule has 0 aromatic heterocycles. The van der Waals surface area contributed by atoms with Crippen molar-refractivity contribution in [2.75, 3.05) is 0 Å². The Labute approximate surface area is 123 Å². The lowest BCUT2D eigenvalue weighted by molar-refractivity contribution is 0.161. The van der Waals surface area contributed by atoms with E-state index in [0.29, 0.717) is 6.54 Å². The van der Waals surface area contributed by atoms with E-state index in [1.54, 1.807) is 0 Å². The average molecular weight is 286 g/mol. The summed E-state index contributed by atoms with van der Waals surface area (Å²) in [6.07, 6.45) is -0.834. The molecule has 0 spiro atoms. The Balaban J connectivity index is 0.00000106. The van der Waals surface area contributed by atoms with Gasteiger partial charge in [-0.3, -0.25) is 0 Å². The minimum atomic E-state index is -0.834. The molecule has 21 heavy (non-hydrogen) atoms. The first-order chi connectivity index (χ1) is 10.3. The fourth-order valence-electron chi connectivity index (χ4n) is 1.72. The lowest BCUT2D eigenvalue weighted by Crippen LogP contribution is -2.06. The van der Waals surface area contributed by atoms with Crippen molar-refractivity contribution in [2.45, 2.75) is 12.6 Å². The smallest absolute Gasteiger partial charge is 0.140 e. The molecule has 2 aromatic carbocycles. The number of rotatable bonds is 3. The molecule has 0 aliphatic carbocycles. The van der Waals surface area contributed by atoms with Crippen LogP contribution >= 0.6 is 0 Å². The zero-order valence-electron chi connectivity index (χ0n) is 11.4. The van der Waals surface area contributed by atoms with Crippen LogP contribution in [0.3, 0.4) is 0 Å². The predicted octanol–water partition coefficient (Wildman–Crippen LogP) is 1.58. The van der Waals surface area contributed by atoms with Crippen LogP contribution in [0.1, 0.15) is 22.8 Å². The largest absolute Gasteiger partial charge is 0.376 e. The van der Waals surface area contributed by atoms with E-state index in [2.05, 4.69) is 23.2 Å². The highest BCUT2D eigenvalue weighted by molar-refractivity contribution is 5.37. The molecule has 5 nitrogen and oxygen atoms in total. The van der Waals surface area contributed by atoms with Crippen molar-refractivity contribution in [3.63, 3.8) is 0 Å². The Morgan fingerprint density at radius 1 is 1.05 bits per heavy atom. The highest BCUT2D eigenvalue weighted by atomic mass is 16.5. The predicted molar refractivity (Wildman–Crippen MR) is 79.3 cm³/mol. The van der Waals surface area contributed by atoms with Crippen molar-refractivity contribution in [1.29, 1.82) is 0 Å². The topological polar surface area (TPSA) is 98.7 Å². The van der Waals surface area contributed by atoms with Crippen molar-refractivity contribution < 1.29 is 15.5 Å². The number of benzene rings is 2. The van der Waals surface area contributed by atoms with Crippen molar-refractivity contribution in [3.05, 3.63) is 71.3 Å². The quantitative estimate of drug-likeness (QED) is 0.436. The second-order valence-corrected chi connectivity index (χ2v) is 4.12. The number of aliphatic hydroxyl groups excluding tert-OH is 1. The molecule has 0 saturated carbocycles. The van der Waals surface area contributed by atoms with E-state index in [9.17, 15) is 5.11 Å². The maximum Gasteiger partial charge on any atom is 0.140 e. The molecule has 110 valence electrons. The molecule has 0 aliphatic heterocycles. The first kappa shape index (κ1) is 16.9. The van der Waals surface area contributed by atoms with Gasteiger partial charge in [-0.15, -0.1) is 0 Å². The number of hydrogen-bond acceptors (Lipinski definition) is 5. The second-order valence-electron chi connectivity index (χ2n) is 4.12. The molecule has 0 radical (unpaired) electrons. The highest BCUT2D eigenvalue weighted by Crippen LogP contribution is 2.14.